The molecule has 0 fully saturated rings. The highest BCUT2D eigenvalue weighted by Gasteiger charge is 2.49. The highest BCUT2D eigenvalue weighted by molar-refractivity contribution is 7.98. The maximum Gasteiger partial charge on any atom is 0.264 e. The molecule has 2 nitrogen and oxygen atoms in total. The maximum absolute atomic E-state index is 2.77. The molecule has 11 rings (SSSR count). The van der Waals surface area contributed by atoms with E-state index < -0.39 is 0 Å². The number of aryl methyl sites for hydroxylation is 1. The monoisotopic (exact) mass is 945 g/mol. The third kappa shape index (κ3) is 7.32. The number of benzene rings is 6. The van der Waals surface area contributed by atoms with Gasteiger partial charge in [0.25, 0.3) is 6.71 Å². The highest BCUT2D eigenvalue weighted by atomic mass is 32.2. The number of nitrogens with zero attached hydrogens (tertiary/aromatic N) is 2. The number of anilines is 6. The van der Waals surface area contributed by atoms with Crippen LogP contribution in [-0.2, 0) is 32.5 Å². The van der Waals surface area contributed by atoms with Crippen LogP contribution < -0.4 is 25.5 Å². The second kappa shape index (κ2) is 15.4. The molecule has 0 spiro atoms. The zero-order valence-electron chi connectivity index (χ0n) is 44.4. The summed E-state index contributed by atoms with van der Waals surface area (Å²) in [5, 5.41) is 1.36. The van der Waals surface area contributed by atoms with Crippen LogP contribution in [0.2, 0.25) is 0 Å². The van der Waals surface area contributed by atoms with E-state index in [0.29, 0.717) is 0 Å². The summed E-state index contributed by atoms with van der Waals surface area (Å²) in [7, 11) is 0. The Morgan fingerprint density at radius 1 is 0.536 bits per heavy atom. The summed E-state index contributed by atoms with van der Waals surface area (Å²) < 4.78 is 2.80. The molecule has 0 bridgehead atoms. The third-order valence-corrected chi connectivity index (χ3v) is 19.2. The summed E-state index contributed by atoms with van der Waals surface area (Å²) in [6, 6.07) is 42.0. The van der Waals surface area contributed by atoms with E-state index in [1.807, 2.05) is 23.1 Å². The molecule has 4 aliphatic rings. The minimum absolute atomic E-state index is 0.0139. The zero-order valence-corrected chi connectivity index (χ0v) is 46.1. The lowest BCUT2D eigenvalue weighted by Gasteiger charge is -2.48. The molecule has 7 aromatic rings. The minimum atomic E-state index is 0.0139. The Morgan fingerprint density at radius 3 is 1.59 bits per heavy atom. The van der Waals surface area contributed by atoms with Gasteiger partial charge in [-0.15, -0.1) is 23.1 Å². The molecule has 2 aliphatic carbocycles. The van der Waals surface area contributed by atoms with E-state index in [-0.39, 0.29) is 39.2 Å². The van der Waals surface area contributed by atoms with Crippen molar-refractivity contribution >= 4 is 89.7 Å². The summed E-state index contributed by atoms with van der Waals surface area (Å²) in [4.78, 5) is 6.73. The van der Waals surface area contributed by atoms with Gasteiger partial charge >= 0.3 is 0 Å². The lowest BCUT2D eigenvalue weighted by molar-refractivity contribution is 0.332. The number of fused-ring (bicyclic) bond motifs is 8. The smallest absolute Gasteiger partial charge is 0.264 e. The van der Waals surface area contributed by atoms with E-state index in [9.17, 15) is 0 Å². The van der Waals surface area contributed by atoms with Crippen molar-refractivity contribution in [1.82, 2.24) is 0 Å². The maximum atomic E-state index is 2.77. The SMILES string of the molecule is CSc1ccc(-c2cc3c(cc2N2c4cc5c(cc4B4c6sc7ccc(C(C)(C)C)cc7c6N(c6ccc(C(C)(C)C)cc6)c6cc(C)cc2c64)C(C)(C)CCC5(C)C)C(C)(C)CCC3(C)C)cc1. The van der Waals surface area contributed by atoms with Gasteiger partial charge in [0.1, 0.15) is 0 Å². The lowest BCUT2D eigenvalue weighted by Crippen LogP contribution is -2.61. The van der Waals surface area contributed by atoms with Gasteiger partial charge in [-0.2, -0.15) is 0 Å². The van der Waals surface area contributed by atoms with Crippen LogP contribution in [-0.4, -0.2) is 13.0 Å². The van der Waals surface area contributed by atoms with E-state index in [0.717, 1.165) is 6.42 Å². The molecule has 0 radical (unpaired) electrons. The van der Waals surface area contributed by atoms with Crippen LogP contribution in [0, 0.1) is 6.92 Å². The molecule has 0 saturated carbocycles. The van der Waals surface area contributed by atoms with Crippen molar-refractivity contribution in [2.24, 2.45) is 0 Å². The second-order valence-corrected chi connectivity index (χ2v) is 28.0. The first-order chi connectivity index (χ1) is 32.3. The van der Waals surface area contributed by atoms with Crippen LogP contribution in [0.15, 0.2) is 108 Å². The summed E-state index contributed by atoms with van der Waals surface area (Å²) in [5.74, 6) is 0. The van der Waals surface area contributed by atoms with Crippen molar-refractivity contribution in [3.63, 3.8) is 0 Å². The molecular weight excluding hydrogens is 872 g/mol. The van der Waals surface area contributed by atoms with E-state index in [4.69, 9.17) is 0 Å². The van der Waals surface area contributed by atoms with Gasteiger partial charge in [-0.1, -0.05) is 133 Å². The van der Waals surface area contributed by atoms with Crippen molar-refractivity contribution in [3.8, 4) is 11.1 Å². The first-order valence-corrected chi connectivity index (χ1v) is 27.8. The van der Waals surface area contributed by atoms with Gasteiger partial charge in [-0.05, 0) is 194 Å². The number of thioether (sulfide) groups is 1. The van der Waals surface area contributed by atoms with Crippen molar-refractivity contribution in [3.05, 3.63) is 142 Å². The quantitative estimate of drug-likeness (QED) is 0.128. The fraction of sp³-hybridized carbons (Fsp3) is 0.406. The van der Waals surface area contributed by atoms with Crippen LogP contribution >= 0.6 is 23.1 Å². The van der Waals surface area contributed by atoms with Crippen LogP contribution in [0.3, 0.4) is 0 Å². The van der Waals surface area contributed by atoms with Gasteiger partial charge in [-0.25, -0.2) is 0 Å². The third-order valence-electron chi connectivity index (χ3n) is 17.2. The standard InChI is InChI=1S/C64H73BN2S2/c1-38-31-53-56-54(32-38)67(51-36-48-46(61(8,9)27-29-63(48,12)13)34-44(51)39-17-24-43(68-16)25-18-39)52-37-49-47(62(10,11)28-30-64(49,14)15)35-50(52)65(56)58-57(45-33-41(60(5,6)7)21-26-55(45)69-58)66(53)42-22-19-40(20-23-42)59(2,3)4/h17-26,31-37H,27-30H2,1-16H3. The van der Waals surface area contributed by atoms with Gasteiger partial charge in [0.05, 0.1) is 11.4 Å². The van der Waals surface area contributed by atoms with E-state index >= 15 is 0 Å². The minimum Gasteiger partial charge on any atom is -0.311 e. The lowest BCUT2D eigenvalue weighted by atomic mass is 9.35. The highest BCUT2D eigenvalue weighted by Crippen LogP contribution is 2.56. The zero-order chi connectivity index (χ0) is 49.1. The number of hydrogen-bond acceptors (Lipinski definition) is 4. The van der Waals surface area contributed by atoms with Gasteiger partial charge in [0, 0.05) is 48.1 Å². The van der Waals surface area contributed by atoms with Crippen LogP contribution in [0.4, 0.5) is 34.1 Å². The Bertz CT molecular complexity index is 3240. The van der Waals surface area contributed by atoms with Gasteiger partial charge < -0.3 is 9.80 Å². The number of rotatable bonds is 4. The first kappa shape index (κ1) is 46.7. The number of thiophene rings is 1. The van der Waals surface area contributed by atoms with E-state index in [1.54, 1.807) is 0 Å². The predicted octanol–water partition coefficient (Wildman–Crippen LogP) is 17.0. The summed E-state index contributed by atoms with van der Waals surface area (Å²) in [6.07, 6.45) is 6.87. The van der Waals surface area contributed by atoms with Crippen molar-refractivity contribution in [2.45, 2.75) is 167 Å². The molecule has 69 heavy (non-hydrogen) atoms. The van der Waals surface area contributed by atoms with Gasteiger partial charge in [-0.3, -0.25) is 0 Å². The molecule has 1 aromatic heterocycles. The summed E-state index contributed by atoms with van der Waals surface area (Å²) in [5.41, 5.74) is 23.5. The van der Waals surface area contributed by atoms with Crippen molar-refractivity contribution in [1.29, 1.82) is 0 Å². The van der Waals surface area contributed by atoms with Crippen LogP contribution in [0.25, 0.3) is 21.2 Å². The van der Waals surface area contributed by atoms with Gasteiger partial charge in [0.15, 0.2) is 0 Å². The molecule has 3 heterocycles. The molecular formula is C64H73BN2S2. The largest absolute Gasteiger partial charge is 0.311 e. The normalized spacial score (nSPS) is 18.3. The predicted molar refractivity (Wildman–Crippen MR) is 306 cm³/mol. The van der Waals surface area contributed by atoms with Crippen LogP contribution in [0.1, 0.15) is 162 Å². The molecule has 354 valence electrons. The topological polar surface area (TPSA) is 6.48 Å². The number of hydrogen-bond donors (Lipinski definition) is 0. The second-order valence-electron chi connectivity index (χ2n) is 26.0. The molecule has 0 amide bonds. The molecule has 0 atom stereocenters. The molecule has 2 aliphatic heterocycles. The van der Waals surface area contributed by atoms with Gasteiger partial charge in [0.2, 0.25) is 0 Å². The van der Waals surface area contributed by atoms with E-state index in [2.05, 4.69) is 223 Å². The Labute approximate surface area is 423 Å². The first-order valence-electron chi connectivity index (χ1n) is 25.7. The Hall–Kier alpha value is -4.71. The fourth-order valence-electron chi connectivity index (χ4n) is 12.6. The Morgan fingerprint density at radius 2 is 1.04 bits per heavy atom. The summed E-state index contributed by atoms with van der Waals surface area (Å²) in [6.45, 7) is 36.4. The Kier molecular flexibility index (Phi) is 10.4. The fourth-order valence-corrected chi connectivity index (χ4v) is 14.3. The molecule has 0 saturated heterocycles. The van der Waals surface area contributed by atoms with Crippen LogP contribution in [0.5, 0.6) is 0 Å². The average Bonchev–Trinajstić information content (AvgIpc) is 3.67. The Balaban J connectivity index is 1.30. The molecule has 5 heteroatoms. The van der Waals surface area contributed by atoms with E-state index in [1.165, 1.54) is 134 Å². The van der Waals surface area contributed by atoms with Crippen molar-refractivity contribution < 1.29 is 0 Å². The van der Waals surface area contributed by atoms with Crippen molar-refractivity contribution in [2.75, 3.05) is 16.1 Å². The summed E-state index contributed by atoms with van der Waals surface area (Å²) >= 11 is 3.84. The molecule has 6 aromatic carbocycles. The molecule has 0 unspecified atom stereocenters. The average molecular weight is 945 g/mol. The molecule has 0 N–H and O–H groups in total.